The van der Waals surface area contributed by atoms with Gasteiger partial charge in [-0.1, -0.05) is 35.6 Å². The lowest BCUT2D eigenvalue weighted by Crippen LogP contribution is -2.40. The third kappa shape index (κ3) is 5.82. The summed E-state index contributed by atoms with van der Waals surface area (Å²) in [6.45, 7) is 5.22. The zero-order valence-corrected chi connectivity index (χ0v) is 24.1. The topological polar surface area (TPSA) is 73.8 Å². The fraction of sp³-hybridized carbons (Fsp3) is 0.233. The van der Waals surface area contributed by atoms with Gasteiger partial charge in [-0.15, -0.1) is 11.8 Å². The maximum Gasteiger partial charge on any atom is 0.416 e. The minimum atomic E-state index is -4.48. The van der Waals surface area contributed by atoms with Crippen molar-refractivity contribution >= 4 is 35.1 Å². The van der Waals surface area contributed by atoms with Gasteiger partial charge >= 0.3 is 12.1 Å². The van der Waals surface area contributed by atoms with Gasteiger partial charge in [0, 0.05) is 16.5 Å². The fourth-order valence-corrected chi connectivity index (χ4v) is 5.96. The van der Waals surface area contributed by atoms with Crippen molar-refractivity contribution in [3.63, 3.8) is 0 Å². The van der Waals surface area contributed by atoms with E-state index in [2.05, 4.69) is 4.99 Å². The van der Waals surface area contributed by atoms with Crippen LogP contribution in [0.3, 0.4) is 0 Å². The van der Waals surface area contributed by atoms with Gasteiger partial charge in [-0.05, 0) is 69.0 Å². The number of esters is 1. The van der Waals surface area contributed by atoms with Crippen LogP contribution < -0.4 is 14.9 Å². The van der Waals surface area contributed by atoms with Crippen LogP contribution in [0.4, 0.5) is 13.2 Å². The molecule has 0 bridgehead atoms. The highest BCUT2D eigenvalue weighted by Gasteiger charge is 2.34. The molecule has 0 saturated heterocycles. The van der Waals surface area contributed by atoms with Crippen molar-refractivity contribution in [2.75, 3.05) is 6.26 Å². The van der Waals surface area contributed by atoms with Crippen molar-refractivity contribution in [2.24, 2.45) is 4.99 Å². The highest BCUT2D eigenvalue weighted by molar-refractivity contribution is 7.98. The van der Waals surface area contributed by atoms with Crippen molar-refractivity contribution in [1.82, 2.24) is 4.57 Å². The molecule has 2 aromatic carbocycles. The molecular formula is C30H25F3N2O4S2. The summed E-state index contributed by atoms with van der Waals surface area (Å²) < 4.78 is 52.6. The molecule has 0 amide bonds. The summed E-state index contributed by atoms with van der Waals surface area (Å²) >= 11 is 2.71. The van der Waals surface area contributed by atoms with Crippen LogP contribution in [0, 0.1) is 0 Å². The Bertz CT molecular complexity index is 1830. The second-order valence-corrected chi connectivity index (χ2v) is 11.5. The van der Waals surface area contributed by atoms with E-state index in [9.17, 15) is 22.8 Å². The molecule has 0 radical (unpaired) electrons. The lowest BCUT2D eigenvalue weighted by atomic mass is 9.96. The maximum absolute atomic E-state index is 13.8. The number of aromatic nitrogens is 1. The van der Waals surface area contributed by atoms with E-state index in [1.807, 2.05) is 30.5 Å². The van der Waals surface area contributed by atoms with Gasteiger partial charge in [-0.25, -0.2) is 9.79 Å². The molecule has 1 atom stereocenters. The Morgan fingerprint density at radius 2 is 1.88 bits per heavy atom. The number of nitrogens with zero attached hydrogens (tertiary/aromatic N) is 2. The molecule has 0 saturated carbocycles. The first-order valence-electron chi connectivity index (χ1n) is 12.6. The lowest BCUT2D eigenvalue weighted by molar-refractivity contribution is -0.143. The standard InChI is InChI=1S/C30H25F3N2O4S2/c1-16(2)38-28(37)25-17(3)34-29-35(26(25)18-8-11-22(40-4)12-9-18)27(36)24(41-29)15-21-10-13-23(39-21)19-6-5-7-20(14-19)30(31,32)33/h5-16,26H,1-4H3/b24-15-/t26-/m1/s1. The van der Waals surface area contributed by atoms with Gasteiger partial charge in [-0.3, -0.25) is 9.36 Å². The van der Waals surface area contributed by atoms with Crippen LogP contribution in [-0.4, -0.2) is 22.9 Å². The fourth-order valence-electron chi connectivity index (χ4n) is 4.53. The first-order valence-corrected chi connectivity index (χ1v) is 14.7. The molecule has 1 aliphatic rings. The van der Waals surface area contributed by atoms with Crippen molar-refractivity contribution in [3.05, 3.63) is 109 Å². The van der Waals surface area contributed by atoms with Gasteiger partial charge in [-0.2, -0.15) is 13.2 Å². The quantitative estimate of drug-likeness (QED) is 0.196. The molecule has 0 unspecified atom stereocenters. The summed E-state index contributed by atoms with van der Waals surface area (Å²) in [7, 11) is 0. The number of hydrogen-bond donors (Lipinski definition) is 0. The average molecular weight is 599 g/mol. The molecule has 0 spiro atoms. The smallest absolute Gasteiger partial charge is 0.416 e. The third-order valence-electron chi connectivity index (χ3n) is 6.39. The third-order valence-corrected chi connectivity index (χ3v) is 8.12. The zero-order chi connectivity index (χ0) is 29.5. The number of ether oxygens (including phenoxy) is 1. The molecule has 4 aromatic rings. The van der Waals surface area contributed by atoms with Crippen LogP contribution in [0.25, 0.3) is 17.4 Å². The van der Waals surface area contributed by atoms with E-state index in [1.54, 1.807) is 44.7 Å². The summed E-state index contributed by atoms with van der Waals surface area (Å²) in [6.07, 6.45) is -1.36. The van der Waals surface area contributed by atoms with Gasteiger partial charge in [0.2, 0.25) is 0 Å². The zero-order valence-electron chi connectivity index (χ0n) is 22.5. The number of thiazole rings is 1. The van der Waals surface area contributed by atoms with E-state index < -0.39 is 23.8 Å². The van der Waals surface area contributed by atoms with E-state index in [1.165, 1.54) is 22.8 Å². The first-order chi connectivity index (χ1) is 19.5. The largest absolute Gasteiger partial charge is 0.459 e. The van der Waals surface area contributed by atoms with Gasteiger partial charge in [0.25, 0.3) is 5.56 Å². The average Bonchev–Trinajstić information content (AvgIpc) is 3.51. The van der Waals surface area contributed by atoms with Gasteiger partial charge < -0.3 is 9.15 Å². The Kier molecular flexibility index (Phi) is 7.85. The predicted octanol–water partition coefficient (Wildman–Crippen LogP) is 6.19. The molecular weight excluding hydrogens is 573 g/mol. The summed E-state index contributed by atoms with van der Waals surface area (Å²) in [5.74, 6) is -0.0265. The van der Waals surface area contributed by atoms with E-state index in [-0.39, 0.29) is 28.6 Å². The molecule has 2 aromatic heterocycles. The van der Waals surface area contributed by atoms with Crippen LogP contribution >= 0.6 is 23.1 Å². The number of thioether (sulfide) groups is 1. The summed E-state index contributed by atoms with van der Waals surface area (Å²) in [4.78, 5) is 33.0. The van der Waals surface area contributed by atoms with Crippen molar-refractivity contribution in [3.8, 4) is 11.3 Å². The molecule has 0 aliphatic carbocycles. The lowest BCUT2D eigenvalue weighted by Gasteiger charge is -2.25. The van der Waals surface area contributed by atoms with Crippen LogP contribution in [0.2, 0.25) is 0 Å². The summed E-state index contributed by atoms with van der Waals surface area (Å²) in [5.41, 5.74) is 0.552. The number of carbonyl (C=O) groups is 1. The molecule has 5 rings (SSSR count). The maximum atomic E-state index is 13.8. The normalized spacial score (nSPS) is 15.7. The Morgan fingerprint density at radius 1 is 1.15 bits per heavy atom. The van der Waals surface area contributed by atoms with E-state index in [4.69, 9.17) is 9.15 Å². The second-order valence-electron chi connectivity index (χ2n) is 9.59. The van der Waals surface area contributed by atoms with Crippen LogP contribution in [0.1, 0.15) is 43.7 Å². The van der Waals surface area contributed by atoms with Gasteiger partial charge in [0.05, 0.1) is 33.5 Å². The van der Waals surface area contributed by atoms with Crippen LogP contribution in [0.5, 0.6) is 0 Å². The van der Waals surface area contributed by atoms with Gasteiger partial charge in [0.15, 0.2) is 4.80 Å². The molecule has 1 aliphatic heterocycles. The number of allylic oxidation sites excluding steroid dienone is 1. The number of carbonyl (C=O) groups excluding carboxylic acids is 1. The number of rotatable bonds is 6. The Labute approximate surface area is 241 Å². The summed E-state index contributed by atoms with van der Waals surface area (Å²) in [5, 5.41) is 0. The Balaban J connectivity index is 1.60. The van der Waals surface area contributed by atoms with Crippen LogP contribution in [-0.2, 0) is 15.7 Å². The minimum absolute atomic E-state index is 0.233. The number of furan rings is 1. The van der Waals surface area contributed by atoms with Crippen LogP contribution in [0.15, 0.2) is 91.0 Å². The molecule has 3 heterocycles. The van der Waals surface area contributed by atoms with E-state index in [0.29, 0.717) is 20.8 Å². The number of alkyl halides is 3. The number of halogens is 3. The first kappa shape index (κ1) is 28.7. The molecule has 0 fully saturated rings. The highest BCUT2D eigenvalue weighted by Crippen LogP contribution is 2.34. The minimum Gasteiger partial charge on any atom is -0.459 e. The van der Waals surface area contributed by atoms with E-state index >= 15 is 0 Å². The van der Waals surface area contributed by atoms with Crippen molar-refractivity contribution in [1.29, 1.82) is 0 Å². The van der Waals surface area contributed by atoms with E-state index in [0.717, 1.165) is 33.9 Å². The molecule has 11 heteroatoms. The Hall–Kier alpha value is -3.83. The van der Waals surface area contributed by atoms with Crippen molar-refractivity contribution in [2.45, 2.75) is 44.0 Å². The molecule has 0 N–H and O–H groups in total. The molecule has 6 nitrogen and oxygen atoms in total. The predicted molar refractivity (Wildman–Crippen MR) is 152 cm³/mol. The van der Waals surface area contributed by atoms with Gasteiger partial charge in [0.1, 0.15) is 11.5 Å². The molecule has 212 valence electrons. The highest BCUT2D eigenvalue weighted by atomic mass is 32.2. The Morgan fingerprint density at radius 3 is 2.54 bits per heavy atom. The number of fused-ring (bicyclic) bond motifs is 1. The second kappa shape index (κ2) is 11.2. The SMILES string of the molecule is CSc1ccc([C@@H]2C(C(=O)OC(C)C)=C(C)N=c3s/c(=C\c4ccc(-c5cccc(C(F)(F)F)c5)o4)c(=O)n32)cc1. The van der Waals surface area contributed by atoms with Crippen molar-refractivity contribution < 1.29 is 27.1 Å². The number of benzene rings is 2. The monoisotopic (exact) mass is 598 g/mol. The molecule has 41 heavy (non-hydrogen) atoms. The number of hydrogen-bond acceptors (Lipinski definition) is 7. The summed E-state index contributed by atoms with van der Waals surface area (Å²) in [6, 6.07) is 14.8.